The van der Waals surface area contributed by atoms with Crippen LogP contribution in [0, 0.1) is 0 Å². The van der Waals surface area contributed by atoms with E-state index in [9.17, 15) is 10.2 Å². The first-order valence-corrected chi connectivity index (χ1v) is 4.17. The van der Waals surface area contributed by atoms with E-state index in [4.69, 9.17) is 15.3 Å². The first kappa shape index (κ1) is 10.3. The summed E-state index contributed by atoms with van der Waals surface area (Å²) in [6.45, 7) is 1.79. The van der Waals surface area contributed by atoms with Gasteiger partial charge in [-0.3, -0.25) is 0 Å². The zero-order valence-electron chi connectivity index (χ0n) is 7.30. The van der Waals surface area contributed by atoms with Crippen LogP contribution in [0.25, 0.3) is 0 Å². The molecule has 76 valence electrons. The maximum atomic E-state index is 9.55. The van der Waals surface area contributed by atoms with Crippen molar-refractivity contribution >= 4 is 0 Å². The van der Waals surface area contributed by atoms with E-state index in [1.165, 1.54) is 0 Å². The molecule has 0 aromatic rings. The Hall–Kier alpha value is -0.780. The predicted molar refractivity (Wildman–Crippen MR) is 44.2 cm³/mol. The van der Waals surface area contributed by atoms with Gasteiger partial charge in [-0.05, 0) is 6.42 Å². The van der Waals surface area contributed by atoms with Crippen LogP contribution < -0.4 is 0 Å². The van der Waals surface area contributed by atoms with Gasteiger partial charge in [0.2, 0.25) is 0 Å². The second-order valence-corrected chi connectivity index (χ2v) is 3.27. The maximum absolute atomic E-state index is 9.55. The first-order valence-electron chi connectivity index (χ1n) is 4.17. The Bertz CT molecular complexity index is 237. The van der Waals surface area contributed by atoms with E-state index in [0.29, 0.717) is 6.42 Å². The van der Waals surface area contributed by atoms with Gasteiger partial charge in [-0.15, -0.1) is 0 Å². The second kappa shape index (κ2) is 3.17. The Labute approximate surface area is 75.6 Å². The number of rotatable bonds is 3. The van der Waals surface area contributed by atoms with E-state index in [2.05, 4.69) is 0 Å². The lowest BCUT2D eigenvalue weighted by molar-refractivity contribution is -0.172. The molecule has 5 N–H and O–H groups in total. The van der Waals surface area contributed by atoms with Crippen LogP contribution in [0.2, 0.25) is 0 Å². The number of aliphatic hydroxyl groups is 5. The summed E-state index contributed by atoms with van der Waals surface area (Å²) in [5.74, 6) is -1.40. The Morgan fingerprint density at radius 3 is 2.38 bits per heavy atom. The zero-order valence-corrected chi connectivity index (χ0v) is 7.30. The third-order valence-corrected chi connectivity index (χ3v) is 2.37. The molecular weight excluding hydrogens is 176 g/mol. The standard InChI is InChI=1S/C8H14O5/c1-2-3-4(9)8(13)6(11)5(10)7(8)12/h4,6,9-13H,2-3H2,1H3. The van der Waals surface area contributed by atoms with Gasteiger partial charge in [0.05, 0.1) is 6.10 Å². The Kier molecular flexibility index (Phi) is 2.51. The molecular formula is C8H14O5. The van der Waals surface area contributed by atoms with Crippen molar-refractivity contribution in [3.63, 3.8) is 0 Å². The maximum Gasteiger partial charge on any atom is 0.184 e. The second-order valence-electron chi connectivity index (χ2n) is 3.27. The molecule has 1 rings (SSSR count). The molecule has 5 nitrogen and oxygen atoms in total. The molecule has 0 saturated heterocycles. The normalized spacial score (nSPS) is 35.8. The van der Waals surface area contributed by atoms with E-state index < -0.39 is 29.3 Å². The van der Waals surface area contributed by atoms with E-state index in [1.54, 1.807) is 6.92 Å². The number of aliphatic hydroxyl groups excluding tert-OH is 4. The minimum Gasteiger partial charge on any atom is -0.506 e. The van der Waals surface area contributed by atoms with Gasteiger partial charge in [0.1, 0.15) is 0 Å². The first-order chi connectivity index (χ1) is 5.96. The summed E-state index contributed by atoms with van der Waals surface area (Å²) in [4.78, 5) is 0. The van der Waals surface area contributed by atoms with Crippen molar-refractivity contribution in [1.82, 2.24) is 0 Å². The summed E-state index contributed by atoms with van der Waals surface area (Å²) < 4.78 is 0. The van der Waals surface area contributed by atoms with Gasteiger partial charge in [0.25, 0.3) is 0 Å². The molecule has 0 aliphatic heterocycles. The van der Waals surface area contributed by atoms with Gasteiger partial charge >= 0.3 is 0 Å². The smallest absolute Gasteiger partial charge is 0.184 e. The van der Waals surface area contributed by atoms with Crippen LogP contribution in [-0.2, 0) is 0 Å². The molecule has 0 fully saturated rings. The lowest BCUT2D eigenvalue weighted by Gasteiger charge is -2.43. The zero-order chi connectivity index (χ0) is 10.2. The molecule has 0 aromatic heterocycles. The molecule has 3 atom stereocenters. The Morgan fingerprint density at radius 1 is 1.46 bits per heavy atom. The van der Waals surface area contributed by atoms with Crippen molar-refractivity contribution in [3.8, 4) is 0 Å². The lowest BCUT2D eigenvalue weighted by atomic mass is 9.76. The molecule has 0 radical (unpaired) electrons. The van der Waals surface area contributed by atoms with Crippen LogP contribution in [0.15, 0.2) is 11.5 Å². The highest BCUT2D eigenvalue weighted by Crippen LogP contribution is 2.39. The van der Waals surface area contributed by atoms with Gasteiger partial charge in [0.15, 0.2) is 23.2 Å². The fraction of sp³-hybridized carbons (Fsp3) is 0.750. The molecule has 1 aliphatic carbocycles. The Morgan fingerprint density at radius 2 is 2.00 bits per heavy atom. The van der Waals surface area contributed by atoms with Gasteiger partial charge < -0.3 is 25.5 Å². The molecule has 0 bridgehead atoms. The molecule has 13 heavy (non-hydrogen) atoms. The highest BCUT2D eigenvalue weighted by Gasteiger charge is 2.58. The van der Waals surface area contributed by atoms with Crippen molar-refractivity contribution < 1.29 is 25.5 Å². The molecule has 0 amide bonds. The fourth-order valence-electron chi connectivity index (χ4n) is 1.43. The van der Waals surface area contributed by atoms with Gasteiger partial charge in [-0.1, -0.05) is 13.3 Å². The van der Waals surface area contributed by atoms with Crippen molar-refractivity contribution in [3.05, 3.63) is 11.5 Å². The van der Waals surface area contributed by atoms with Crippen molar-refractivity contribution in [2.75, 3.05) is 0 Å². The highest BCUT2D eigenvalue weighted by molar-refractivity contribution is 5.34. The minimum absolute atomic E-state index is 0.241. The summed E-state index contributed by atoms with van der Waals surface area (Å²) in [5, 5.41) is 46.0. The van der Waals surface area contributed by atoms with Crippen LogP contribution in [0.4, 0.5) is 0 Å². The van der Waals surface area contributed by atoms with E-state index in [0.717, 1.165) is 0 Å². The molecule has 0 spiro atoms. The fourth-order valence-corrected chi connectivity index (χ4v) is 1.43. The summed E-state index contributed by atoms with van der Waals surface area (Å²) >= 11 is 0. The summed E-state index contributed by atoms with van der Waals surface area (Å²) in [7, 11) is 0. The average Bonchev–Trinajstić information content (AvgIpc) is 2.14. The number of hydrogen-bond donors (Lipinski definition) is 5. The van der Waals surface area contributed by atoms with Crippen LogP contribution >= 0.6 is 0 Å². The summed E-state index contributed by atoms with van der Waals surface area (Å²) in [6, 6.07) is 0. The van der Waals surface area contributed by atoms with Crippen molar-refractivity contribution in [2.24, 2.45) is 0 Å². The van der Waals surface area contributed by atoms with Crippen LogP contribution in [0.5, 0.6) is 0 Å². The van der Waals surface area contributed by atoms with Gasteiger partial charge in [-0.25, -0.2) is 0 Å². The molecule has 5 heteroatoms. The van der Waals surface area contributed by atoms with E-state index in [-0.39, 0.29) is 6.42 Å². The average molecular weight is 190 g/mol. The van der Waals surface area contributed by atoms with Crippen molar-refractivity contribution in [2.45, 2.75) is 37.6 Å². The van der Waals surface area contributed by atoms with Gasteiger partial charge in [0, 0.05) is 0 Å². The number of hydrogen-bond acceptors (Lipinski definition) is 5. The summed E-state index contributed by atoms with van der Waals surface area (Å²) in [6.07, 6.45) is -2.01. The molecule has 0 heterocycles. The van der Waals surface area contributed by atoms with Gasteiger partial charge in [-0.2, -0.15) is 0 Å². The third kappa shape index (κ3) is 1.20. The predicted octanol–water partition coefficient (Wildman–Crippen LogP) is -0.419. The van der Waals surface area contributed by atoms with E-state index in [1.807, 2.05) is 0 Å². The molecule has 1 aliphatic rings. The van der Waals surface area contributed by atoms with Crippen LogP contribution in [-0.4, -0.2) is 43.3 Å². The topological polar surface area (TPSA) is 101 Å². The van der Waals surface area contributed by atoms with Crippen molar-refractivity contribution in [1.29, 1.82) is 0 Å². The summed E-state index contributed by atoms with van der Waals surface area (Å²) in [5.41, 5.74) is -2.08. The third-order valence-electron chi connectivity index (χ3n) is 2.37. The molecule has 3 unspecified atom stereocenters. The Balaban J connectivity index is 2.80. The van der Waals surface area contributed by atoms with Crippen LogP contribution in [0.1, 0.15) is 19.8 Å². The molecule has 0 saturated carbocycles. The lowest BCUT2D eigenvalue weighted by Crippen LogP contribution is -2.61. The minimum atomic E-state index is -2.08. The largest absolute Gasteiger partial charge is 0.506 e. The quantitative estimate of drug-likeness (QED) is 0.416. The monoisotopic (exact) mass is 190 g/mol. The highest BCUT2D eigenvalue weighted by atomic mass is 16.4. The molecule has 0 aromatic carbocycles. The SMILES string of the molecule is CCCC(O)C1(O)C(O)=C(O)C1O. The van der Waals surface area contributed by atoms with Crippen LogP contribution in [0.3, 0.4) is 0 Å². The van der Waals surface area contributed by atoms with E-state index >= 15 is 0 Å².